The molecular formula is C24H33NO2. The highest BCUT2D eigenvalue weighted by Crippen LogP contribution is 2.30. The summed E-state index contributed by atoms with van der Waals surface area (Å²) in [6.45, 7) is 7.39. The van der Waals surface area contributed by atoms with E-state index in [-0.39, 0.29) is 5.60 Å². The molecule has 2 aromatic rings. The number of rotatable bonds is 8. The molecule has 0 aliphatic carbocycles. The number of methoxy groups -OCH3 is 1. The summed E-state index contributed by atoms with van der Waals surface area (Å²) in [6.07, 6.45) is 3.39. The molecule has 1 aliphatic heterocycles. The standard InChI is InChI=1S/C24H33NO2/c1-24(2)17-19(14-16-27-24)18-25-15-13-23(20-7-5-4-6-8-20)21-9-11-22(26-3)12-10-21/h4-12,19,23,25H,13-18H2,1-3H3/t19-,23+/m1/s1. The fraction of sp³-hybridized carbons (Fsp3) is 0.500. The lowest BCUT2D eigenvalue weighted by molar-refractivity contribution is -0.0717. The van der Waals surface area contributed by atoms with Crippen LogP contribution in [0.3, 0.4) is 0 Å². The molecule has 1 heterocycles. The maximum absolute atomic E-state index is 5.84. The van der Waals surface area contributed by atoms with Gasteiger partial charge in [-0.1, -0.05) is 42.5 Å². The maximum Gasteiger partial charge on any atom is 0.118 e. The van der Waals surface area contributed by atoms with Gasteiger partial charge in [-0.25, -0.2) is 0 Å². The van der Waals surface area contributed by atoms with Gasteiger partial charge in [-0.15, -0.1) is 0 Å². The molecule has 0 radical (unpaired) electrons. The summed E-state index contributed by atoms with van der Waals surface area (Å²) in [7, 11) is 1.71. The molecule has 3 rings (SSSR count). The molecule has 3 nitrogen and oxygen atoms in total. The fourth-order valence-electron chi connectivity index (χ4n) is 4.13. The van der Waals surface area contributed by atoms with Gasteiger partial charge in [-0.2, -0.15) is 0 Å². The molecule has 0 unspecified atom stereocenters. The lowest BCUT2D eigenvalue weighted by Crippen LogP contribution is -2.38. The smallest absolute Gasteiger partial charge is 0.118 e. The first-order chi connectivity index (χ1) is 13.1. The third-order valence-corrected chi connectivity index (χ3v) is 5.56. The highest BCUT2D eigenvalue weighted by Gasteiger charge is 2.28. The minimum Gasteiger partial charge on any atom is -0.497 e. The lowest BCUT2D eigenvalue weighted by atomic mass is 9.87. The van der Waals surface area contributed by atoms with Gasteiger partial charge in [0, 0.05) is 12.5 Å². The zero-order valence-corrected chi connectivity index (χ0v) is 16.9. The third kappa shape index (κ3) is 5.82. The maximum atomic E-state index is 5.84. The summed E-state index contributed by atoms with van der Waals surface area (Å²) in [5, 5.41) is 3.71. The van der Waals surface area contributed by atoms with Crippen molar-refractivity contribution in [3.63, 3.8) is 0 Å². The van der Waals surface area contributed by atoms with E-state index in [1.165, 1.54) is 11.1 Å². The van der Waals surface area contributed by atoms with Crippen LogP contribution in [0.15, 0.2) is 54.6 Å². The van der Waals surface area contributed by atoms with Crippen LogP contribution in [0.25, 0.3) is 0 Å². The molecule has 2 atom stereocenters. The molecule has 0 spiro atoms. The van der Waals surface area contributed by atoms with E-state index in [9.17, 15) is 0 Å². The van der Waals surface area contributed by atoms with Crippen LogP contribution in [0.1, 0.15) is 50.2 Å². The molecule has 146 valence electrons. The van der Waals surface area contributed by atoms with Gasteiger partial charge < -0.3 is 14.8 Å². The first-order valence-electron chi connectivity index (χ1n) is 10.1. The van der Waals surface area contributed by atoms with Crippen molar-refractivity contribution in [3.05, 3.63) is 65.7 Å². The second-order valence-corrected chi connectivity index (χ2v) is 8.20. The third-order valence-electron chi connectivity index (χ3n) is 5.56. The van der Waals surface area contributed by atoms with Gasteiger partial charge >= 0.3 is 0 Å². The number of hydrogen-bond donors (Lipinski definition) is 1. The Balaban J connectivity index is 1.58. The summed E-state index contributed by atoms with van der Waals surface area (Å²) in [4.78, 5) is 0. The van der Waals surface area contributed by atoms with Crippen molar-refractivity contribution >= 4 is 0 Å². The van der Waals surface area contributed by atoms with E-state index in [0.29, 0.717) is 11.8 Å². The van der Waals surface area contributed by atoms with Crippen molar-refractivity contribution in [1.29, 1.82) is 0 Å². The molecule has 0 aromatic heterocycles. The van der Waals surface area contributed by atoms with Crippen LogP contribution < -0.4 is 10.1 Å². The highest BCUT2D eigenvalue weighted by molar-refractivity contribution is 5.36. The summed E-state index contributed by atoms with van der Waals surface area (Å²) in [6, 6.07) is 19.3. The van der Waals surface area contributed by atoms with E-state index in [4.69, 9.17) is 9.47 Å². The largest absolute Gasteiger partial charge is 0.497 e. The zero-order chi connectivity index (χ0) is 19.1. The van der Waals surface area contributed by atoms with E-state index < -0.39 is 0 Å². The average Bonchev–Trinajstić information content (AvgIpc) is 2.68. The first kappa shape index (κ1) is 19.9. The Labute approximate surface area is 164 Å². The predicted octanol–water partition coefficient (Wildman–Crippen LogP) is 5.01. The van der Waals surface area contributed by atoms with Crippen molar-refractivity contribution < 1.29 is 9.47 Å². The second kappa shape index (κ2) is 9.38. The Kier molecular flexibility index (Phi) is 6.92. The van der Waals surface area contributed by atoms with Gasteiger partial charge in [-0.05, 0) is 75.4 Å². The number of nitrogens with one attached hydrogen (secondary N) is 1. The van der Waals surface area contributed by atoms with Crippen molar-refractivity contribution in [2.45, 2.75) is 44.6 Å². The summed E-state index contributed by atoms with van der Waals surface area (Å²) >= 11 is 0. The summed E-state index contributed by atoms with van der Waals surface area (Å²) in [5.74, 6) is 2.02. The summed E-state index contributed by atoms with van der Waals surface area (Å²) < 4.78 is 11.2. The van der Waals surface area contributed by atoms with Gasteiger partial charge in [0.05, 0.1) is 12.7 Å². The Hall–Kier alpha value is -1.84. The molecule has 0 saturated carbocycles. The number of hydrogen-bond acceptors (Lipinski definition) is 3. The summed E-state index contributed by atoms with van der Waals surface area (Å²) in [5.41, 5.74) is 2.74. The quantitative estimate of drug-likeness (QED) is 0.665. The van der Waals surface area contributed by atoms with Gasteiger partial charge in [0.25, 0.3) is 0 Å². The molecule has 1 aliphatic rings. The van der Waals surface area contributed by atoms with Crippen LogP contribution in [0.5, 0.6) is 5.75 Å². The monoisotopic (exact) mass is 367 g/mol. The van der Waals surface area contributed by atoms with Crippen LogP contribution >= 0.6 is 0 Å². The second-order valence-electron chi connectivity index (χ2n) is 8.20. The minimum atomic E-state index is 0.0280. The lowest BCUT2D eigenvalue weighted by Gasteiger charge is -2.35. The molecule has 1 saturated heterocycles. The first-order valence-corrected chi connectivity index (χ1v) is 10.1. The Morgan fingerprint density at radius 2 is 1.78 bits per heavy atom. The Morgan fingerprint density at radius 1 is 1.07 bits per heavy atom. The van der Waals surface area contributed by atoms with Gasteiger partial charge in [0.15, 0.2) is 0 Å². The van der Waals surface area contributed by atoms with Crippen LogP contribution in [-0.4, -0.2) is 32.4 Å². The van der Waals surface area contributed by atoms with Crippen LogP contribution in [-0.2, 0) is 4.74 Å². The Morgan fingerprint density at radius 3 is 2.44 bits per heavy atom. The van der Waals surface area contributed by atoms with E-state index in [0.717, 1.165) is 44.7 Å². The predicted molar refractivity (Wildman–Crippen MR) is 112 cm³/mol. The van der Waals surface area contributed by atoms with Crippen molar-refractivity contribution in [2.75, 3.05) is 26.8 Å². The van der Waals surface area contributed by atoms with E-state index in [1.54, 1.807) is 7.11 Å². The van der Waals surface area contributed by atoms with Crippen molar-refractivity contribution in [1.82, 2.24) is 5.32 Å². The zero-order valence-electron chi connectivity index (χ0n) is 16.9. The number of ether oxygens (including phenoxy) is 2. The van der Waals surface area contributed by atoms with Crippen LogP contribution in [0.4, 0.5) is 0 Å². The van der Waals surface area contributed by atoms with Crippen molar-refractivity contribution in [2.24, 2.45) is 5.92 Å². The highest BCUT2D eigenvalue weighted by atomic mass is 16.5. The van der Waals surface area contributed by atoms with E-state index in [2.05, 4.69) is 73.8 Å². The molecule has 1 fully saturated rings. The SMILES string of the molecule is COc1ccc([C@@H](CCNC[C@@H]2CCOC(C)(C)C2)c2ccccc2)cc1. The van der Waals surface area contributed by atoms with Crippen LogP contribution in [0.2, 0.25) is 0 Å². The molecule has 1 N–H and O–H groups in total. The molecular weight excluding hydrogens is 334 g/mol. The molecule has 3 heteroatoms. The fourth-order valence-corrected chi connectivity index (χ4v) is 4.13. The van der Waals surface area contributed by atoms with E-state index in [1.807, 2.05) is 0 Å². The van der Waals surface area contributed by atoms with Gasteiger partial charge in [0.1, 0.15) is 5.75 Å². The Bertz CT molecular complexity index is 681. The molecule has 0 amide bonds. The normalized spacial score (nSPS) is 20.2. The van der Waals surface area contributed by atoms with E-state index >= 15 is 0 Å². The molecule has 2 aromatic carbocycles. The molecule has 27 heavy (non-hydrogen) atoms. The molecule has 0 bridgehead atoms. The van der Waals surface area contributed by atoms with Gasteiger partial charge in [-0.3, -0.25) is 0 Å². The van der Waals surface area contributed by atoms with Crippen molar-refractivity contribution in [3.8, 4) is 5.75 Å². The topological polar surface area (TPSA) is 30.5 Å². The average molecular weight is 368 g/mol. The van der Waals surface area contributed by atoms with Gasteiger partial charge in [0.2, 0.25) is 0 Å². The van der Waals surface area contributed by atoms with Crippen LogP contribution in [0, 0.1) is 5.92 Å². The number of benzene rings is 2. The minimum absolute atomic E-state index is 0.0280.